The molecule has 0 amide bonds. The Bertz CT molecular complexity index is 268. The predicted molar refractivity (Wildman–Crippen MR) is 48.1 cm³/mol. The zero-order chi connectivity index (χ0) is 9.52. The van der Waals surface area contributed by atoms with Gasteiger partial charge in [0.1, 0.15) is 11.1 Å². The number of thiazole rings is 1. The standard InChI is InChI=1S/C8H10N2O2S/c9-6-7(12-4-1-3-11)8-10-2-5-13-8/h2,5,7,11H,1,3-4H2. The van der Waals surface area contributed by atoms with Crippen molar-refractivity contribution in [3.8, 4) is 6.07 Å². The molecule has 5 heteroatoms. The summed E-state index contributed by atoms with van der Waals surface area (Å²) in [5.74, 6) is 0. The van der Waals surface area contributed by atoms with Gasteiger partial charge in [0, 0.05) is 18.2 Å². The van der Waals surface area contributed by atoms with Crippen molar-refractivity contribution in [2.45, 2.75) is 12.5 Å². The van der Waals surface area contributed by atoms with Gasteiger partial charge in [-0.3, -0.25) is 0 Å². The number of rotatable bonds is 5. The molecule has 0 bridgehead atoms. The molecular weight excluding hydrogens is 188 g/mol. The fourth-order valence-electron chi connectivity index (χ4n) is 0.793. The summed E-state index contributed by atoms with van der Waals surface area (Å²) in [6.45, 7) is 0.463. The molecule has 1 aromatic rings. The number of aliphatic hydroxyl groups is 1. The Morgan fingerprint density at radius 1 is 1.77 bits per heavy atom. The summed E-state index contributed by atoms with van der Waals surface area (Å²) in [4.78, 5) is 3.97. The van der Waals surface area contributed by atoms with Crippen molar-refractivity contribution in [1.29, 1.82) is 5.26 Å². The molecule has 1 unspecified atom stereocenters. The number of aromatic nitrogens is 1. The Labute approximate surface area is 80.4 Å². The Morgan fingerprint density at radius 2 is 2.62 bits per heavy atom. The van der Waals surface area contributed by atoms with Crippen molar-refractivity contribution in [3.63, 3.8) is 0 Å². The van der Waals surface area contributed by atoms with Gasteiger partial charge in [0.2, 0.25) is 0 Å². The van der Waals surface area contributed by atoms with E-state index < -0.39 is 6.10 Å². The van der Waals surface area contributed by atoms with Crippen molar-refractivity contribution in [1.82, 2.24) is 4.98 Å². The largest absolute Gasteiger partial charge is 0.396 e. The zero-order valence-electron chi connectivity index (χ0n) is 7.01. The Kier molecular flexibility index (Phi) is 4.40. The fraction of sp³-hybridized carbons (Fsp3) is 0.500. The van der Waals surface area contributed by atoms with Crippen LogP contribution in [0.25, 0.3) is 0 Å². The first-order chi connectivity index (χ1) is 6.38. The highest BCUT2D eigenvalue weighted by Crippen LogP contribution is 2.18. The summed E-state index contributed by atoms with van der Waals surface area (Å²) in [5, 5.41) is 19.7. The van der Waals surface area contributed by atoms with Gasteiger partial charge in [-0.1, -0.05) is 0 Å². The first-order valence-electron chi connectivity index (χ1n) is 3.90. The van der Waals surface area contributed by atoms with Gasteiger partial charge < -0.3 is 9.84 Å². The van der Waals surface area contributed by atoms with Crippen molar-refractivity contribution >= 4 is 11.3 Å². The quantitative estimate of drug-likeness (QED) is 0.720. The maximum Gasteiger partial charge on any atom is 0.195 e. The van der Waals surface area contributed by atoms with E-state index >= 15 is 0 Å². The number of hydrogen-bond donors (Lipinski definition) is 1. The molecule has 4 nitrogen and oxygen atoms in total. The Morgan fingerprint density at radius 3 is 3.15 bits per heavy atom. The second-order valence-corrected chi connectivity index (χ2v) is 3.25. The lowest BCUT2D eigenvalue weighted by molar-refractivity contribution is 0.0772. The van der Waals surface area contributed by atoms with E-state index in [-0.39, 0.29) is 6.61 Å². The van der Waals surface area contributed by atoms with Gasteiger partial charge >= 0.3 is 0 Å². The van der Waals surface area contributed by atoms with Crippen LogP contribution < -0.4 is 0 Å². The number of nitrogens with zero attached hydrogens (tertiary/aromatic N) is 2. The molecule has 1 aromatic heterocycles. The fourth-order valence-corrected chi connectivity index (χ4v) is 1.42. The van der Waals surface area contributed by atoms with E-state index in [0.29, 0.717) is 18.0 Å². The first-order valence-corrected chi connectivity index (χ1v) is 4.78. The predicted octanol–water partition coefficient (Wildman–Crippen LogP) is 1.11. The van der Waals surface area contributed by atoms with Crippen LogP contribution >= 0.6 is 11.3 Å². The molecule has 13 heavy (non-hydrogen) atoms. The van der Waals surface area contributed by atoms with E-state index in [1.54, 1.807) is 11.6 Å². The van der Waals surface area contributed by atoms with E-state index in [1.807, 2.05) is 6.07 Å². The van der Waals surface area contributed by atoms with Crippen molar-refractivity contribution in [2.24, 2.45) is 0 Å². The summed E-state index contributed by atoms with van der Waals surface area (Å²) in [5.41, 5.74) is 0. The molecule has 0 fully saturated rings. The number of ether oxygens (including phenoxy) is 1. The average Bonchev–Trinajstić information content (AvgIpc) is 2.65. The second-order valence-electron chi connectivity index (χ2n) is 2.33. The van der Waals surface area contributed by atoms with Crippen LogP contribution in [0.5, 0.6) is 0 Å². The SMILES string of the molecule is N#CC(OCCCO)c1nccs1. The molecule has 0 aromatic carbocycles. The molecule has 0 aliphatic rings. The lowest BCUT2D eigenvalue weighted by atomic mass is 10.4. The van der Waals surface area contributed by atoms with Crippen molar-refractivity contribution in [3.05, 3.63) is 16.6 Å². The van der Waals surface area contributed by atoms with Crippen LogP contribution in [0.4, 0.5) is 0 Å². The topological polar surface area (TPSA) is 66.1 Å². The average molecular weight is 198 g/mol. The summed E-state index contributed by atoms with van der Waals surface area (Å²) < 4.78 is 5.20. The maximum absolute atomic E-state index is 8.73. The van der Waals surface area contributed by atoms with E-state index in [1.165, 1.54) is 11.3 Å². The lowest BCUT2D eigenvalue weighted by Gasteiger charge is -2.06. The molecule has 0 saturated carbocycles. The summed E-state index contributed by atoms with van der Waals surface area (Å²) in [6.07, 6.45) is 1.59. The lowest BCUT2D eigenvalue weighted by Crippen LogP contribution is -2.04. The zero-order valence-corrected chi connectivity index (χ0v) is 7.83. The summed E-state index contributed by atoms with van der Waals surface area (Å²) >= 11 is 1.39. The smallest absolute Gasteiger partial charge is 0.195 e. The normalized spacial score (nSPS) is 12.3. The summed E-state index contributed by atoms with van der Waals surface area (Å²) in [7, 11) is 0. The number of aliphatic hydroxyl groups excluding tert-OH is 1. The minimum atomic E-state index is -0.591. The van der Waals surface area contributed by atoms with Gasteiger partial charge in [-0.05, 0) is 6.42 Å². The minimum Gasteiger partial charge on any atom is -0.396 e. The van der Waals surface area contributed by atoms with Crippen molar-refractivity contribution in [2.75, 3.05) is 13.2 Å². The van der Waals surface area contributed by atoms with E-state index in [9.17, 15) is 0 Å². The van der Waals surface area contributed by atoms with Gasteiger partial charge in [-0.25, -0.2) is 4.98 Å². The minimum absolute atomic E-state index is 0.0794. The van der Waals surface area contributed by atoms with Crippen LogP contribution in [0.2, 0.25) is 0 Å². The molecule has 0 aliphatic carbocycles. The van der Waals surface area contributed by atoms with E-state index in [0.717, 1.165) is 0 Å². The molecular formula is C8H10N2O2S. The van der Waals surface area contributed by atoms with E-state index in [2.05, 4.69) is 4.98 Å². The molecule has 0 saturated heterocycles. The van der Waals surface area contributed by atoms with Crippen LogP contribution in [-0.2, 0) is 4.74 Å². The van der Waals surface area contributed by atoms with Gasteiger partial charge in [0.15, 0.2) is 6.10 Å². The van der Waals surface area contributed by atoms with Gasteiger partial charge in [0.05, 0.1) is 6.61 Å². The molecule has 70 valence electrons. The first kappa shape index (κ1) is 10.1. The highest BCUT2D eigenvalue weighted by Gasteiger charge is 2.12. The number of hydrogen-bond acceptors (Lipinski definition) is 5. The molecule has 0 radical (unpaired) electrons. The highest BCUT2D eigenvalue weighted by molar-refractivity contribution is 7.09. The second kappa shape index (κ2) is 5.65. The third-order valence-electron chi connectivity index (χ3n) is 1.38. The monoisotopic (exact) mass is 198 g/mol. The third-order valence-corrected chi connectivity index (χ3v) is 2.20. The van der Waals surface area contributed by atoms with Crippen LogP contribution in [0, 0.1) is 11.3 Å². The van der Waals surface area contributed by atoms with Crippen LogP contribution in [-0.4, -0.2) is 23.3 Å². The van der Waals surface area contributed by atoms with Gasteiger partial charge in [0.25, 0.3) is 0 Å². The van der Waals surface area contributed by atoms with Gasteiger partial charge in [-0.2, -0.15) is 5.26 Å². The van der Waals surface area contributed by atoms with Crippen LogP contribution in [0.15, 0.2) is 11.6 Å². The molecule has 1 heterocycles. The van der Waals surface area contributed by atoms with Gasteiger partial charge in [-0.15, -0.1) is 11.3 Å². The number of nitriles is 1. The molecule has 0 aliphatic heterocycles. The molecule has 1 rings (SSSR count). The van der Waals surface area contributed by atoms with Crippen LogP contribution in [0.3, 0.4) is 0 Å². The molecule has 1 atom stereocenters. The molecule has 1 N–H and O–H groups in total. The Hall–Kier alpha value is -0.960. The van der Waals surface area contributed by atoms with E-state index in [4.69, 9.17) is 15.1 Å². The highest BCUT2D eigenvalue weighted by atomic mass is 32.1. The van der Waals surface area contributed by atoms with Crippen molar-refractivity contribution < 1.29 is 9.84 Å². The van der Waals surface area contributed by atoms with Crippen LogP contribution in [0.1, 0.15) is 17.5 Å². The summed E-state index contributed by atoms with van der Waals surface area (Å²) in [6, 6.07) is 2.01. The molecule has 0 spiro atoms. The maximum atomic E-state index is 8.73. The third kappa shape index (κ3) is 3.11. The Balaban J connectivity index is 2.41.